The van der Waals surface area contributed by atoms with E-state index in [1.54, 1.807) is 28.8 Å². The third-order valence-electron chi connectivity index (χ3n) is 4.52. The molecular weight excluding hydrogens is 332 g/mol. The number of nitrogens with zero attached hydrogens (tertiary/aromatic N) is 2. The van der Waals surface area contributed by atoms with Crippen molar-refractivity contribution in [2.45, 2.75) is 19.4 Å². The molecule has 1 aliphatic heterocycles. The van der Waals surface area contributed by atoms with Gasteiger partial charge in [0.05, 0.1) is 24.7 Å². The lowest BCUT2D eigenvalue weighted by atomic mass is 10.1. The van der Waals surface area contributed by atoms with E-state index in [1.165, 1.54) is 12.2 Å². The molecule has 1 aromatic heterocycles. The Kier molecular flexibility index (Phi) is 3.97. The van der Waals surface area contributed by atoms with Crippen molar-refractivity contribution >= 4 is 22.9 Å². The van der Waals surface area contributed by atoms with Crippen LogP contribution in [0.15, 0.2) is 54.6 Å². The van der Waals surface area contributed by atoms with Crippen LogP contribution in [0.2, 0.25) is 0 Å². The molecular formula is C20H18N2O4. The van der Waals surface area contributed by atoms with Gasteiger partial charge in [-0.1, -0.05) is 30.3 Å². The number of hydroxylamine groups is 2. The number of benzene rings is 2. The van der Waals surface area contributed by atoms with Crippen molar-refractivity contribution in [2.75, 3.05) is 7.11 Å². The lowest BCUT2D eigenvalue weighted by Gasteiger charge is -2.20. The largest absolute Gasteiger partial charge is 0.426 e. The van der Waals surface area contributed by atoms with Crippen molar-refractivity contribution in [2.24, 2.45) is 0 Å². The summed E-state index contributed by atoms with van der Waals surface area (Å²) in [6.45, 7) is 1.97. The predicted molar refractivity (Wildman–Crippen MR) is 95.8 cm³/mol. The van der Waals surface area contributed by atoms with Crippen LogP contribution in [0.5, 0.6) is 5.75 Å². The number of carbonyl (C=O) groups is 2. The Morgan fingerprint density at radius 2 is 1.88 bits per heavy atom. The molecule has 6 nitrogen and oxygen atoms in total. The van der Waals surface area contributed by atoms with Crippen LogP contribution in [0, 0.1) is 6.92 Å². The number of aromatic nitrogens is 1. The van der Waals surface area contributed by atoms with E-state index in [2.05, 4.69) is 0 Å². The molecule has 0 radical (unpaired) electrons. The molecule has 4 rings (SSSR count). The summed E-state index contributed by atoms with van der Waals surface area (Å²) >= 11 is 0. The smallest absolute Gasteiger partial charge is 0.353 e. The Morgan fingerprint density at radius 3 is 2.62 bits per heavy atom. The molecule has 1 unspecified atom stereocenters. The third-order valence-corrected chi connectivity index (χ3v) is 4.52. The number of ether oxygens (including phenoxy) is 1. The van der Waals surface area contributed by atoms with Crippen molar-refractivity contribution in [3.63, 3.8) is 0 Å². The van der Waals surface area contributed by atoms with E-state index < -0.39 is 12.0 Å². The molecule has 1 atom stereocenters. The van der Waals surface area contributed by atoms with Crippen molar-refractivity contribution in [1.29, 1.82) is 0 Å². The van der Waals surface area contributed by atoms with Crippen LogP contribution < -0.4 is 4.74 Å². The molecule has 1 amide bonds. The van der Waals surface area contributed by atoms with Gasteiger partial charge in [-0.3, -0.25) is 14.2 Å². The van der Waals surface area contributed by atoms with Crippen molar-refractivity contribution < 1.29 is 19.2 Å². The highest BCUT2D eigenvalue weighted by molar-refractivity contribution is 5.95. The first-order valence-electron chi connectivity index (χ1n) is 8.34. The summed E-state index contributed by atoms with van der Waals surface area (Å²) in [4.78, 5) is 30.4. The van der Waals surface area contributed by atoms with E-state index >= 15 is 0 Å². The van der Waals surface area contributed by atoms with Crippen molar-refractivity contribution in [3.05, 3.63) is 65.9 Å². The van der Waals surface area contributed by atoms with Crippen LogP contribution >= 0.6 is 0 Å². The highest BCUT2D eigenvalue weighted by Crippen LogP contribution is 2.37. The van der Waals surface area contributed by atoms with Crippen LogP contribution in [0.4, 0.5) is 4.79 Å². The van der Waals surface area contributed by atoms with Crippen molar-refractivity contribution in [1.82, 2.24) is 9.63 Å². The number of rotatable bonds is 4. The Hall–Kier alpha value is -3.12. The average Bonchev–Trinajstić information content (AvgIpc) is 3.11. The fraction of sp³-hybridized carbons (Fsp3) is 0.200. The highest BCUT2D eigenvalue weighted by atomic mass is 16.7. The second kappa shape index (κ2) is 6.31. The summed E-state index contributed by atoms with van der Waals surface area (Å²) < 4.78 is 6.97. The average molecular weight is 350 g/mol. The molecule has 26 heavy (non-hydrogen) atoms. The van der Waals surface area contributed by atoms with Crippen LogP contribution in [-0.4, -0.2) is 28.7 Å². The Labute approximate surface area is 150 Å². The van der Waals surface area contributed by atoms with Gasteiger partial charge in [0, 0.05) is 5.39 Å². The molecule has 0 N–H and O–H groups in total. The number of fused-ring (bicyclic) bond motifs is 3. The monoisotopic (exact) mass is 350 g/mol. The zero-order chi connectivity index (χ0) is 18.3. The van der Waals surface area contributed by atoms with E-state index in [4.69, 9.17) is 9.57 Å². The Morgan fingerprint density at radius 1 is 1.12 bits per heavy atom. The summed E-state index contributed by atoms with van der Waals surface area (Å²) in [5.41, 5.74) is 2.59. The number of amides is 1. The number of esters is 1. The van der Waals surface area contributed by atoms with E-state index in [-0.39, 0.29) is 12.5 Å². The Balaban J connectivity index is 1.67. The van der Waals surface area contributed by atoms with Gasteiger partial charge < -0.3 is 4.74 Å². The minimum Gasteiger partial charge on any atom is -0.426 e. The lowest BCUT2D eigenvalue weighted by molar-refractivity contribution is -0.143. The molecule has 6 heteroatoms. The highest BCUT2D eigenvalue weighted by Gasteiger charge is 2.40. The summed E-state index contributed by atoms with van der Waals surface area (Å²) in [5, 5.41) is 2.18. The second-order valence-corrected chi connectivity index (χ2v) is 6.26. The van der Waals surface area contributed by atoms with E-state index in [1.807, 2.05) is 37.3 Å². The lowest BCUT2D eigenvalue weighted by Crippen LogP contribution is -2.30. The molecule has 3 aromatic rings. The third kappa shape index (κ3) is 2.64. The van der Waals surface area contributed by atoms with Crippen LogP contribution in [0.3, 0.4) is 0 Å². The standard InChI is InChI=1S/C20H18N2O4/c1-13-8-9-14-11-17-18(12-19(23)26-15-6-4-3-5-7-15)22(25-2)20(24)21(17)16(14)10-13/h3-11,18H,12H2,1-2H3. The number of carbonyl (C=O) groups excluding carboxylic acids is 2. The topological polar surface area (TPSA) is 60.8 Å². The van der Waals surface area contributed by atoms with Crippen LogP contribution in [-0.2, 0) is 9.63 Å². The first-order chi connectivity index (χ1) is 12.6. The fourth-order valence-corrected chi connectivity index (χ4v) is 3.36. The summed E-state index contributed by atoms with van der Waals surface area (Å²) in [6, 6.07) is 15.9. The molecule has 2 aromatic carbocycles. The van der Waals surface area contributed by atoms with Gasteiger partial charge in [-0.2, -0.15) is 5.06 Å². The summed E-state index contributed by atoms with van der Waals surface area (Å²) in [6.07, 6.45) is 0.00375. The normalized spacial score (nSPS) is 16.2. The Bertz CT molecular complexity index is 994. The molecule has 0 saturated carbocycles. The zero-order valence-corrected chi connectivity index (χ0v) is 14.5. The number of hydrogen-bond donors (Lipinski definition) is 0. The predicted octanol–water partition coefficient (Wildman–Crippen LogP) is 3.83. The van der Waals surface area contributed by atoms with Gasteiger partial charge >= 0.3 is 12.0 Å². The molecule has 0 saturated heterocycles. The van der Waals surface area contributed by atoms with Gasteiger partial charge in [-0.15, -0.1) is 0 Å². The molecule has 1 aliphatic rings. The SMILES string of the molecule is CON1C(=O)n2c(cc3ccc(C)cc32)C1CC(=O)Oc1ccccc1. The quantitative estimate of drug-likeness (QED) is 0.530. The molecule has 0 spiro atoms. The van der Waals surface area contributed by atoms with Gasteiger partial charge in [-0.25, -0.2) is 4.79 Å². The summed E-state index contributed by atoms with van der Waals surface area (Å²) in [5.74, 6) is 0.0490. The van der Waals surface area contributed by atoms with Crippen molar-refractivity contribution in [3.8, 4) is 5.75 Å². The maximum absolute atomic E-state index is 12.8. The van der Waals surface area contributed by atoms with Gasteiger partial charge in [0.15, 0.2) is 0 Å². The van der Waals surface area contributed by atoms with Gasteiger partial charge in [0.1, 0.15) is 11.8 Å². The number of aryl methyl sites for hydroxylation is 1. The zero-order valence-electron chi connectivity index (χ0n) is 14.5. The number of para-hydroxylation sites is 1. The van der Waals surface area contributed by atoms with Gasteiger partial charge in [-0.05, 0) is 36.8 Å². The van der Waals surface area contributed by atoms with E-state index in [0.717, 1.165) is 22.2 Å². The molecule has 0 aliphatic carbocycles. The van der Waals surface area contributed by atoms with Crippen LogP contribution in [0.25, 0.3) is 10.9 Å². The number of hydrogen-bond acceptors (Lipinski definition) is 4. The molecule has 2 heterocycles. The minimum atomic E-state index is -0.531. The van der Waals surface area contributed by atoms with Crippen LogP contribution in [0.1, 0.15) is 23.7 Å². The first kappa shape index (κ1) is 16.4. The van der Waals surface area contributed by atoms with E-state index in [0.29, 0.717) is 5.75 Å². The first-order valence-corrected chi connectivity index (χ1v) is 8.34. The molecule has 0 bridgehead atoms. The van der Waals surface area contributed by atoms with E-state index in [9.17, 15) is 9.59 Å². The molecule has 132 valence electrons. The fourth-order valence-electron chi connectivity index (χ4n) is 3.36. The summed E-state index contributed by atoms with van der Waals surface area (Å²) in [7, 11) is 1.42. The second-order valence-electron chi connectivity index (χ2n) is 6.26. The van der Waals surface area contributed by atoms with Gasteiger partial charge in [0.25, 0.3) is 0 Å². The van der Waals surface area contributed by atoms with Gasteiger partial charge in [0.2, 0.25) is 0 Å². The maximum Gasteiger partial charge on any atom is 0.353 e. The molecule has 0 fully saturated rings. The minimum absolute atomic E-state index is 0.00375. The maximum atomic E-state index is 12.8.